The quantitative estimate of drug-likeness (QED) is 0.874. The Morgan fingerprint density at radius 2 is 2.24 bits per heavy atom. The first-order chi connectivity index (χ1) is 9.98. The Balaban J connectivity index is 2.32. The van der Waals surface area contributed by atoms with Crippen molar-refractivity contribution in [1.82, 2.24) is 9.29 Å². The zero-order valence-electron chi connectivity index (χ0n) is 11.7. The number of pyridine rings is 1. The predicted molar refractivity (Wildman–Crippen MR) is 86.4 cm³/mol. The summed E-state index contributed by atoms with van der Waals surface area (Å²) < 4.78 is 26.7. The van der Waals surface area contributed by atoms with Gasteiger partial charge >= 0.3 is 0 Å². The van der Waals surface area contributed by atoms with E-state index in [9.17, 15) is 8.42 Å². The molecule has 0 bridgehead atoms. The summed E-state index contributed by atoms with van der Waals surface area (Å²) in [4.78, 5) is 5.12. The number of rotatable bonds is 6. The summed E-state index contributed by atoms with van der Waals surface area (Å²) in [6.45, 7) is 2.54. The summed E-state index contributed by atoms with van der Waals surface area (Å²) in [5.74, 6) is 0.455. The van der Waals surface area contributed by atoms with Crippen LogP contribution >= 0.6 is 22.9 Å². The van der Waals surface area contributed by atoms with E-state index in [0.717, 1.165) is 4.88 Å². The van der Waals surface area contributed by atoms with Crippen LogP contribution in [0.2, 0.25) is 5.02 Å². The van der Waals surface area contributed by atoms with E-state index in [1.165, 1.54) is 27.9 Å². The largest absolute Gasteiger partial charge is 0.372 e. The molecule has 2 aromatic rings. The first kappa shape index (κ1) is 16.2. The van der Waals surface area contributed by atoms with Gasteiger partial charge in [0.2, 0.25) is 10.0 Å². The van der Waals surface area contributed by atoms with E-state index in [-0.39, 0.29) is 9.92 Å². The second-order valence-electron chi connectivity index (χ2n) is 4.26. The van der Waals surface area contributed by atoms with Crippen molar-refractivity contribution in [2.75, 3.05) is 18.9 Å². The smallest absolute Gasteiger partial charge is 0.244 e. The van der Waals surface area contributed by atoms with Gasteiger partial charge in [-0.15, -0.1) is 11.3 Å². The fourth-order valence-corrected chi connectivity index (χ4v) is 4.36. The molecule has 0 fully saturated rings. The van der Waals surface area contributed by atoms with Crippen LogP contribution in [-0.2, 0) is 16.6 Å². The molecular weight excluding hydrogens is 330 g/mol. The molecule has 0 amide bonds. The standard InChI is InChI=1S/C13H16ClN3O2S2/c1-3-17(9-10-5-4-6-20-10)21(18,19)11-7-12(14)13(15-2)16-8-11/h4-8H,3,9H2,1-2H3,(H,15,16). The zero-order valence-corrected chi connectivity index (χ0v) is 14.1. The third kappa shape index (κ3) is 3.55. The fourth-order valence-electron chi connectivity index (χ4n) is 1.84. The Morgan fingerprint density at radius 3 is 2.76 bits per heavy atom. The molecule has 2 heterocycles. The normalized spacial score (nSPS) is 11.8. The summed E-state index contributed by atoms with van der Waals surface area (Å²) in [5.41, 5.74) is 0. The van der Waals surface area contributed by atoms with Crippen molar-refractivity contribution < 1.29 is 8.42 Å². The Bertz CT molecular complexity index is 702. The summed E-state index contributed by atoms with van der Waals surface area (Å²) >= 11 is 7.55. The van der Waals surface area contributed by atoms with Gasteiger partial charge in [0.05, 0.1) is 5.02 Å². The van der Waals surface area contributed by atoms with Crippen molar-refractivity contribution in [2.45, 2.75) is 18.4 Å². The highest BCUT2D eigenvalue weighted by Gasteiger charge is 2.24. The number of nitrogens with zero attached hydrogens (tertiary/aromatic N) is 2. The summed E-state index contributed by atoms with van der Waals surface area (Å²) in [7, 11) is -1.93. The van der Waals surface area contributed by atoms with E-state index < -0.39 is 10.0 Å². The summed E-state index contributed by atoms with van der Waals surface area (Å²) in [6.07, 6.45) is 1.32. The van der Waals surface area contributed by atoms with Gasteiger partial charge in [0.1, 0.15) is 10.7 Å². The number of anilines is 1. The maximum atomic E-state index is 12.7. The molecule has 0 unspecified atom stereocenters. The highest BCUT2D eigenvalue weighted by atomic mass is 35.5. The molecule has 0 aliphatic rings. The van der Waals surface area contributed by atoms with Gasteiger partial charge in [0, 0.05) is 31.2 Å². The lowest BCUT2D eigenvalue weighted by atomic mass is 10.4. The Labute approximate surface area is 133 Å². The molecule has 8 heteroatoms. The first-order valence-electron chi connectivity index (χ1n) is 6.35. The average molecular weight is 346 g/mol. The average Bonchev–Trinajstić information content (AvgIpc) is 2.97. The van der Waals surface area contributed by atoms with E-state index in [4.69, 9.17) is 11.6 Å². The molecule has 0 aromatic carbocycles. The monoisotopic (exact) mass is 345 g/mol. The van der Waals surface area contributed by atoms with Crippen molar-refractivity contribution in [3.8, 4) is 0 Å². The highest BCUT2D eigenvalue weighted by Crippen LogP contribution is 2.25. The summed E-state index contributed by atoms with van der Waals surface area (Å²) in [6, 6.07) is 5.24. The topological polar surface area (TPSA) is 62.3 Å². The number of sulfonamides is 1. The van der Waals surface area contributed by atoms with Crippen molar-refractivity contribution in [3.05, 3.63) is 39.7 Å². The maximum absolute atomic E-state index is 12.7. The third-order valence-electron chi connectivity index (χ3n) is 2.96. The summed E-state index contributed by atoms with van der Waals surface area (Å²) in [5, 5.41) is 5.01. The van der Waals surface area contributed by atoms with Crippen LogP contribution in [0.5, 0.6) is 0 Å². The Hall–Kier alpha value is -1.15. The van der Waals surface area contributed by atoms with E-state index in [1.54, 1.807) is 7.05 Å². The zero-order chi connectivity index (χ0) is 15.5. The van der Waals surface area contributed by atoms with Gasteiger partial charge in [0.15, 0.2) is 0 Å². The van der Waals surface area contributed by atoms with Gasteiger partial charge < -0.3 is 5.32 Å². The lowest BCUT2D eigenvalue weighted by molar-refractivity contribution is 0.426. The molecule has 0 radical (unpaired) electrons. The third-order valence-corrected chi connectivity index (χ3v) is 5.99. The fraction of sp³-hybridized carbons (Fsp3) is 0.308. The van der Waals surface area contributed by atoms with Gasteiger partial charge in [-0.3, -0.25) is 0 Å². The lowest BCUT2D eigenvalue weighted by Crippen LogP contribution is -2.30. The van der Waals surface area contributed by atoms with Gasteiger partial charge in [-0.2, -0.15) is 4.31 Å². The Kier molecular flexibility index (Phi) is 5.21. The molecule has 2 rings (SSSR count). The minimum Gasteiger partial charge on any atom is -0.372 e. The van der Waals surface area contributed by atoms with E-state index in [0.29, 0.717) is 18.9 Å². The number of nitrogens with one attached hydrogen (secondary N) is 1. The molecule has 1 N–H and O–H groups in total. The van der Waals surface area contributed by atoms with Crippen LogP contribution in [0.3, 0.4) is 0 Å². The van der Waals surface area contributed by atoms with Crippen molar-refractivity contribution >= 4 is 38.8 Å². The van der Waals surface area contributed by atoms with E-state index in [2.05, 4.69) is 10.3 Å². The molecule has 5 nitrogen and oxygen atoms in total. The Morgan fingerprint density at radius 1 is 1.48 bits per heavy atom. The van der Waals surface area contributed by atoms with Crippen molar-refractivity contribution in [3.63, 3.8) is 0 Å². The molecule has 0 saturated heterocycles. The van der Waals surface area contributed by atoms with E-state index in [1.807, 2.05) is 24.4 Å². The van der Waals surface area contributed by atoms with Gasteiger partial charge in [-0.05, 0) is 17.5 Å². The number of hydrogen-bond acceptors (Lipinski definition) is 5. The molecule has 0 spiro atoms. The number of aromatic nitrogens is 1. The maximum Gasteiger partial charge on any atom is 0.244 e. The van der Waals surface area contributed by atoms with Crippen LogP contribution < -0.4 is 5.32 Å². The SMILES string of the molecule is CCN(Cc1cccs1)S(=O)(=O)c1cnc(NC)c(Cl)c1. The van der Waals surface area contributed by atoms with Crippen molar-refractivity contribution in [1.29, 1.82) is 0 Å². The second-order valence-corrected chi connectivity index (χ2v) is 7.64. The molecular formula is C13H16ClN3O2S2. The minimum absolute atomic E-state index is 0.102. The molecule has 2 aromatic heterocycles. The lowest BCUT2D eigenvalue weighted by Gasteiger charge is -2.20. The van der Waals surface area contributed by atoms with Gasteiger partial charge in [-0.1, -0.05) is 24.6 Å². The first-order valence-corrected chi connectivity index (χ1v) is 9.04. The van der Waals surface area contributed by atoms with Crippen LogP contribution in [0.4, 0.5) is 5.82 Å². The minimum atomic E-state index is -3.61. The second kappa shape index (κ2) is 6.74. The molecule has 114 valence electrons. The van der Waals surface area contributed by atoms with Crippen LogP contribution in [0.1, 0.15) is 11.8 Å². The number of thiophene rings is 1. The van der Waals surface area contributed by atoms with Gasteiger partial charge in [0.25, 0.3) is 0 Å². The van der Waals surface area contributed by atoms with Crippen LogP contribution in [0.25, 0.3) is 0 Å². The number of hydrogen-bond donors (Lipinski definition) is 1. The molecule has 0 aliphatic carbocycles. The van der Waals surface area contributed by atoms with Crippen LogP contribution in [-0.4, -0.2) is 31.3 Å². The molecule has 0 atom stereocenters. The van der Waals surface area contributed by atoms with Crippen LogP contribution in [0.15, 0.2) is 34.7 Å². The van der Waals surface area contributed by atoms with E-state index >= 15 is 0 Å². The molecule has 0 saturated carbocycles. The van der Waals surface area contributed by atoms with Crippen molar-refractivity contribution in [2.24, 2.45) is 0 Å². The van der Waals surface area contributed by atoms with Crippen LogP contribution in [0, 0.1) is 0 Å². The predicted octanol–water partition coefficient (Wildman–Crippen LogP) is 3.05. The highest BCUT2D eigenvalue weighted by molar-refractivity contribution is 7.89. The molecule has 0 aliphatic heterocycles. The molecule has 21 heavy (non-hydrogen) atoms. The number of halogens is 1. The van der Waals surface area contributed by atoms with Gasteiger partial charge in [-0.25, -0.2) is 13.4 Å².